The monoisotopic (exact) mass is 182 g/mol. The van der Waals surface area contributed by atoms with Gasteiger partial charge in [-0.25, -0.2) is 0 Å². The van der Waals surface area contributed by atoms with Crippen LogP contribution in [0.15, 0.2) is 0 Å². The normalized spacial score (nSPS) is 26.1. The summed E-state index contributed by atoms with van der Waals surface area (Å²) < 4.78 is 0. The second kappa shape index (κ2) is 3.97. The zero-order chi connectivity index (χ0) is 9.26. The largest absolute Gasteiger partial charge is 0.312 e. The molecule has 2 saturated carbocycles. The summed E-state index contributed by atoms with van der Waals surface area (Å²) in [6.07, 6.45) is 7.09. The van der Waals surface area contributed by atoms with Gasteiger partial charge in [0.1, 0.15) is 0 Å². The van der Waals surface area contributed by atoms with E-state index < -0.39 is 0 Å². The molecule has 0 bridgehead atoms. The molecule has 2 heteroatoms. The van der Waals surface area contributed by atoms with E-state index in [0.717, 1.165) is 12.1 Å². The maximum atomic E-state index is 3.60. The number of rotatable bonds is 5. The fourth-order valence-electron chi connectivity index (χ4n) is 1.92. The maximum absolute atomic E-state index is 3.60. The van der Waals surface area contributed by atoms with Crippen molar-refractivity contribution in [2.24, 2.45) is 0 Å². The minimum atomic E-state index is 0.714. The van der Waals surface area contributed by atoms with Crippen LogP contribution >= 0.6 is 0 Å². The highest BCUT2D eigenvalue weighted by molar-refractivity contribution is 4.85. The molecular weight excluding hydrogens is 160 g/mol. The van der Waals surface area contributed by atoms with E-state index in [2.05, 4.69) is 24.2 Å². The van der Waals surface area contributed by atoms with Gasteiger partial charge in [0.15, 0.2) is 0 Å². The SMILES string of the molecule is CC(CNC1CC1)N(C)C1CCC1. The Balaban J connectivity index is 1.64. The van der Waals surface area contributed by atoms with Crippen molar-refractivity contribution in [2.45, 2.75) is 57.2 Å². The second-order valence-electron chi connectivity index (χ2n) is 4.78. The van der Waals surface area contributed by atoms with Crippen LogP contribution in [0.4, 0.5) is 0 Å². The van der Waals surface area contributed by atoms with Crippen molar-refractivity contribution in [2.75, 3.05) is 13.6 Å². The topological polar surface area (TPSA) is 15.3 Å². The molecule has 2 nitrogen and oxygen atoms in total. The smallest absolute Gasteiger partial charge is 0.0192 e. The lowest BCUT2D eigenvalue weighted by Crippen LogP contribution is -2.47. The van der Waals surface area contributed by atoms with Gasteiger partial charge in [0.2, 0.25) is 0 Å². The van der Waals surface area contributed by atoms with E-state index in [1.165, 1.54) is 38.6 Å². The molecule has 0 aromatic carbocycles. The molecule has 1 unspecified atom stereocenters. The third kappa shape index (κ3) is 2.44. The van der Waals surface area contributed by atoms with Gasteiger partial charge in [-0.1, -0.05) is 6.42 Å². The van der Waals surface area contributed by atoms with Crippen LogP contribution in [0.5, 0.6) is 0 Å². The minimum absolute atomic E-state index is 0.714. The standard InChI is InChI=1S/C11H22N2/c1-9(8-12-10-6-7-10)13(2)11-4-3-5-11/h9-12H,3-8H2,1-2H3. The van der Waals surface area contributed by atoms with Crippen LogP contribution < -0.4 is 5.32 Å². The van der Waals surface area contributed by atoms with Gasteiger partial charge in [-0.2, -0.15) is 0 Å². The molecule has 0 radical (unpaired) electrons. The Hall–Kier alpha value is -0.0800. The lowest BCUT2D eigenvalue weighted by molar-refractivity contribution is 0.117. The van der Waals surface area contributed by atoms with Crippen molar-refractivity contribution in [1.29, 1.82) is 0 Å². The van der Waals surface area contributed by atoms with Crippen molar-refractivity contribution in [1.82, 2.24) is 10.2 Å². The van der Waals surface area contributed by atoms with Gasteiger partial charge in [0.25, 0.3) is 0 Å². The summed E-state index contributed by atoms with van der Waals surface area (Å²) in [5.74, 6) is 0. The van der Waals surface area contributed by atoms with Crippen LogP contribution in [-0.2, 0) is 0 Å². The average Bonchev–Trinajstić information content (AvgIpc) is 2.79. The average molecular weight is 182 g/mol. The van der Waals surface area contributed by atoms with Gasteiger partial charge in [0, 0.05) is 24.7 Å². The fourth-order valence-corrected chi connectivity index (χ4v) is 1.92. The van der Waals surface area contributed by atoms with Crippen molar-refractivity contribution in [3.05, 3.63) is 0 Å². The van der Waals surface area contributed by atoms with Crippen molar-refractivity contribution < 1.29 is 0 Å². The molecule has 0 heterocycles. The van der Waals surface area contributed by atoms with Crippen LogP contribution in [0.25, 0.3) is 0 Å². The van der Waals surface area contributed by atoms with Gasteiger partial charge >= 0.3 is 0 Å². The third-order valence-electron chi connectivity index (χ3n) is 3.63. The summed E-state index contributed by atoms with van der Waals surface area (Å²) in [6, 6.07) is 2.46. The van der Waals surface area contributed by atoms with Gasteiger partial charge < -0.3 is 5.32 Å². The van der Waals surface area contributed by atoms with E-state index in [9.17, 15) is 0 Å². The van der Waals surface area contributed by atoms with Crippen LogP contribution in [0.1, 0.15) is 39.0 Å². The van der Waals surface area contributed by atoms with Gasteiger partial charge in [0.05, 0.1) is 0 Å². The van der Waals surface area contributed by atoms with E-state index in [1.807, 2.05) is 0 Å². The highest BCUT2D eigenvalue weighted by atomic mass is 15.2. The van der Waals surface area contributed by atoms with E-state index in [0.29, 0.717) is 6.04 Å². The minimum Gasteiger partial charge on any atom is -0.312 e. The van der Waals surface area contributed by atoms with Crippen LogP contribution in [0.3, 0.4) is 0 Å². The summed E-state index contributed by atoms with van der Waals surface area (Å²) in [5.41, 5.74) is 0. The molecule has 1 atom stereocenters. The number of likely N-dealkylation sites (N-methyl/N-ethyl adjacent to an activating group) is 1. The molecule has 2 aliphatic rings. The van der Waals surface area contributed by atoms with Crippen molar-refractivity contribution >= 4 is 0 Å². The number of hydrogen-bond acceptors (Lipinski definition) is 2. The maximum Gasteiger partial charge on any atom is 0.0192 e. The predicted octanol–water partition coefficient (Wildman–Crippen LogP) is 1.61. The molecule has 0 spiro atoms. The fraction of sp³-hybridized carbons (Fsp3) is 1.00. The highest BCUT2D eigenvalue weighted by Crippen LogP contribution is 2.25. The first-order valence-corrected chi connectivity index (χ1v) is 5.72. The summed E-state index contributed by atoms with van der Waals surface area (Å²) in [4.78, 5) is 2.55. The number of nitrogens with zero attached hydrogens (tertiary/aromatic N) is 1. The van der Waals surface area contributed by atoms with E-state index >= 15 is 0 Å². The van der Waals surface area contributed by atoms with E-state index in [4.69, 9.17) is 0 Å². The Morgan fingerprint density at radius 2 is 2.00 bits per heavy atom. The predicted molar refractivity (Wildman–Crippen MR) is 55.9 cm³/mol. The van der Waals surface area contributed by atoms with Gasteiger partial charge in [-0.15, -0.1) is 0 Å². The zero-order valence-corrected chi connectivity index (χ0v) is 8.92. The Morgan fingerprint density at radius 3 is 2.46 bits per heavy atom. The molecule has 1 N–H and O–H groups in total. The molecule has 0 saturated heterocycles. The lowest BCUT2D eigenvalue weighted by atomic mass is 9.91. The molecular formula is C11H22N2. The molecule has 0 aliphatic heterocycles. The molecule has 2 rings (SSSR count). The Kier molecular flexibility index (Phi) is 2.89. The van der Waals surface area contributed by atoms with Crippen molar-refractivity contribution in [3.8, 4) is 0 Å². The quantitative estimate of drug-likeness (QED) is 0.695. The molecule has 0 amide bonds. The number of nitrogens with one attached hydrogen (secondary N) is 1. The summed E-state index contributed by atoms with van der Waals surface area (Å²) in [7, 11) is 2.28. The van der Waals surface area contributed by atoms with Crippen molar-refractivity contribution in [3.63, 3.8) is 0 Å². The molecule has 2 fully saturated rings. The molecule has 76 valence electrons. The Labute approximate surface area is 81.7 Å². The summed E-state index contributed by atoms with van der Waals surface area (Å²) in [5, 5.41) is 3.60. The number of hydrogen-bond donors (Lipinski definition) is 1. The van der Waals surface area contributed by atoms with Gasteiger partial charge in [-0.3, -0.25) is 4.90 Å². The summed E-state index contributed by atoms with van der Waals surface area (Å²) >= 11 is 0. The second-order valence-corrected chi connectivity index (χ2v) is 4.78. The lowest BCUT2D eigenvalue weighted by Gasteiger charge is -2.38. The van der Waals surface area contributed by atoms with E-state index in [-0.39, 0.29) is 0 Å². The molecule has 2 aliphatic carbocycles. The molecule has 0 aromatic rings. The van der Waals surface area contributed by atoms with Gasteiger partial charge in [-0.05, 0) is 39.7 Å². The summed E-state index contributed by atoms with van der Waals surface area (Å²) in [6.45, 7) is 3.52. The van der Waals surface area contributed by atoms with Crippen LogP contribution in [-0.4, -0.2) is 36.6 Å². The first kappa shape index (κ1) is 9.47. The van der Waals surface area contributed by atoms with Crippen LogP contribution in [0.2, 0.25) is 0 Å². The molecule has 0 aromatic heterocycles. The first-order chi connectivity index (χ1) is 6.27. The molecule has 13 heavy (non-hydrogen) atoms. The van der Waals surface area contributed by atoms with E-state index in [1.54, 1.807) is 0 Å². The van der Waals surface area contributed by atoms with Crippen LogP contribution in [0, 0.1) is 0 Å². The Bertz CT molecular complexity index is 161. The third-order valence-corrected chi connectivity index (χ3v) is 3.63. The zero-order valence-electron chi connectivity index (χ0n) is 8.92. The highest BCUT2D eigenvalue weighted by Gasteiger charge is 2.26. The Morgan fingerprint density at radius 1 is 1.31 bits per heavy atom. The first-order valence-electron chi connectivity index (χ1n) is 5.72.